The van der Waals surface area contributed by atoms with E-state index in [0.717, 1.165) is 36.4 Å². The molecule has 1 saturated carbocycles. The van der Waals surface area contributed by atoms with E-state index in [1.807, 2.05) is 25.1 Å². The maximum absolute atomic E-state index is 5.98. The first-order valence-corrected chi connectivity index (χ1v) is 10.1. The molecule has 0 aromatic heterocycles. The highest BCUT2D eigenvalue weighted by molar-refractivity contribution is 14.0. The summed E-state index contributed by atoms with van der Waals surface area (Å²) < 4.78 is 11.4. The Labute approximate surface area is 191 Å². The Morgan fingerprint density at radius 2 is 1.69 bits per heavy atom. The van der Waals surface area contributed by atoms with Gasteiger partial charge in [0.25, 0.3) is 0 Å². The van der Waals surface area contributed by atoms with Gasteiger partial charge >= 0.3 is 0 Å². The Hall–Kier alpha value is -1.80. The van der Waals surface area contributed by atoms with Crippen LogP contribution >= 0.6 is 24.0 Å². The van der Waals surface area contributed by atoms with Crippen molar-refractivity contribution in [1.29, 1.82) is 0 Å². The van der Waals surface area contributed by atoms with Crippen LogP contribution in [0.25, 0.3) is 0 Å². The van der Waals surface area contributed by atoms with Crippen LogP contribution in [0.1, 0.15) is 36.5 Å². The molecule has 3 rings (SSSR count). The van der Waals surface area contributed by atoms with E-state index in [4.69, 9.17) is 9.47 Å². The van der Waals surface area contributed by atoms with Gasteiger partial charge in [0.1, 0.15) is 5.75 Å². The number of hydrogen-bond acceptors (Lipinski definition) is 3. The van der Waals surface area contributed by atoms with Crippen LogP contribution in [-0.2, 0) is 24.4 Å². The van der Waals surface area contributed by atoms with Crippen LogP contribution in [0.4, 0.5) is 0 Å². The second-order valence-corrected chi connectivity index (χ2v) is 7.10. The summed E-state index contributed by atoms with van der Waals surface area (Å²) in [7, 11) is 1.79. The minimum atomic E-state index is 0. The van der Waals surface area contributed by atoms with Crippen molar-refractivity contribution in [1.82, 2.24) is 10.6 Å². The zero-order chi connectivity index (χ0) is 19.6. The molecule has 0 spiro atoms. The highest BCUT2D eigenvalue weighted by Crippen LogP contribution is 2.30. The number of guanidine groups is 1. The topological polar surface area (TPSA) is 54.9 Å². The van der Waals surface area contributed by atoms with Gasteiger partial charge in [-0.2, -0.15) is 0 Å². The van der Waals surface area contributed by atoms with Crippen LogP contribution < -0.4 is 15.4 Å². The minimum Gasteiger partial charge on any atom is -0.493 e. The number of ether oxygens (including phenoxy) is 2. The van der Waals surface area contributed by atoms with Crippen LogP contribution in [0.2, 0.25) is 0 Å². The molecule has 1 aliphatic carbocycles. The third kappa shape index (κ3) is 8.22. The lowest BCUT2D eigenvalue weighted by molar-refractivity contribution is 0.134. The molecule has 0 bridgehead atoms. The Balaban J connectivity index is 0.00000300. The van der Waals surface area contributed by atoms with Crippen molar-refractivity contribution in [3.05, 3.63) is 65.2 Å². The van der Waals surface area contributed by atoms with E-state index in [1.54, 1.807) is 7.05 Å². The van der Waals surface area contributed by atoms with Crippen molar-refractivity contribution in [2.24, 2.45) is 10.9 Å². The monoisotopic (exact) mass is 509 g/mol. The van der Waals surface area contributed by atoms with Crippen molar-refractivity contribution in [3.63, 3.8) is 0 Å². The zero-order valence-electron chi connectivity index (χ0n) is 17.3. The number of nitrogens with one attached hydrogen (secondary N) is 2. The largest absolute Gasteiger partial charge is 0.493 e. The van der Waals surface area contributed by atoms with Gasteiger partial charge in [-0.1, -0.05) is 42.5 Å². The van der Waals surface area contributed by atoms with Crippen LogP contribution in [-0.4, -0.2) is 26.2 Å². The number of para-hydroxylation sites is 1. The summed E-state index contributed by atoms with van der Waals surface area (Å²) in [6, 6.07) is 16.7. The number of rotatable bonds is 10. The summed E-state index contributed by atoms with van der Waals surface area (Å²) in [5.41, 5.74) is 3.54. The van der Waals surface area contributed by atoms with E-state index >= 15 is 0 Å². The SMILES string of the molecule is CCOCc1ccc(CNC(=NC)NCc2ccccc2OCC2CC2)cc1.I. The molecule has 2 aromatic carbocycles. The first-order valence-electron chi connectivity index (χ1n) is 10.1. The second kappa shape index (κ2) is 12.7. The number of hydrogen-bond donors (Lipinski definition) is 2. The average Bonchev–Trinajstić information content (AvgIpc) is 3.57. The molecule has 0 atom stereocenters. The second-order valence-electron chi connectivity index (χ2n) is 7.10. The molecule has 0 saturated heterocycles. The number of halogens is 1. The van der Waals surface area contributed by atoms with Gasteiger partial charge in [-0.25, -0.2) is 0 Å². The lowest BCUT2D eigenvalue weighted by Crippen LogP contribution is -2.36. The summed E-state index contributed by atoms with van der Waals surface area (Å²) in [5, 5.41) is 6.74. The summed E-state index contributed by atoms with van der Waals surface area (Å²) >= 11 is 0. The van der Waals surface area contributed by atoms with Gasteiger partial charge in [-0.15, -0.1) is 24.0 Å². The van der Waals surface area contributed by atoms with Crippen LogP contribution in [0.3, 0.4) is 0 Å². The van der Waals surface area contributed by atoms with E-state index in [0.29, 0.717) is 19.7 Å². The van der Waals surface area contributed by atoms with Crippen molar-refractivity contribution < 1.29 is 9.47 Å². The quantitative estimate of drug-likeness (QED) is 0.282. The van der Waals surface area contributed by atoms with E-state index in [1.165, 1.54) is 24.0 Å². The van der Waals surface area contributed by atoms with Gasteiger partial charge in [0.05, 0.1) is 13.2 Å². The fourth-order valence-electron chi connectivity index (χ4n) is 2.84. The molecule has 0 unspecified atom stereocenters. The highest BCUT2D eigenvalue weighted by atomic mass is 127. The van der Waals surface area contributed by atoms with Crippen molar-refractivity contribution in [2.75, 3.05) is 20.3 Å². The third-order valence-electron chi connectivity index (χ3n) is 4.77. The van der Waals surface area contributed by atoms with Crippen LogP contribution in [0, 0.1) is 5.92 Å². The minimum absolute atomic E-state index is 0. The molecular formula is C23H32IN3O2. The molecule has 0 heterocycles. The molecule has 0 radical (unpaired) electrons. The number of aliphatic imine (C=N–C) groups is 1. The van der Waals surface area contributed by atoms with Gasteiger partial charge in [0.2, 0.25) is 0 Å². The van der Waals surface area contributed by atoms with Crippen molar-refractivity contribution >= 4 is 29.9 Å². The van der Waals surface area contributed by atoms with Gasteiger partial charge in [0, 0.05) is 32.3 Å². The lowest BCUT2D eigenvalue weighted by atomic mass is 10.1. The average molecular weight is 509 g/mol. The summed E-state index contributed by atoms with van der Waals surface area (Å²) in [4.78, 5) is 4.32. The summed E-state index contributed by atoms with van der Waals surface area (Å²) in [6.07, 6.45) is 2.59. The molecular weight excluding hydrogens is 477 g/mol. The van der Waals surface area contributed by atoms with E-state index in [2.05, 4.69) is 46.0 Å². The van der Waals surface area contributed by atoms with Gasteiger partial charge in [-0.3, -0.25) is 4.99 Å². The zero-order valence-corrected chi connectivity index (χ0v) is 19.6. The van der Waals surface area contributed by atoms with Crippen LogP contribution in [0.15, 0.2) is 53.5 Å². The Kier molecular flexibility index (Phi) is 10.3. The molecule has 0 amide bonds. The predicted octanol–water partition coefficient (Wildman–Crippen LogP) is 4.50. The Morgan fingerprint density at radius 1 is 1.00 bits per heavy atom. The predicted molar refractivity (Wildman–Crippen MR) is 129 cm³/mol. The fraction of sp³-hybridized carbons (Fsp3) is 0.435. The van der Waals surface area contributed by atoms with E-state index < -0.39 is 0 Å². The maximum atomic E-state index is 5.98. The molecule has 158 valence electrons. The number of nitrogens with zero attached hydrogens (tertiary/aromatic N) is 1. The smallest absolute Gasteiger partial charge is 0.191 e. The van der Waals surface area contributed by atoms with Gasteiger partial charge in [-0.05, 0) is 42.9 Å². The Bertz CT molecular complexity index is 761. The molecule has 1 fully saturated rings. The molecule has 2 aromatic rings. The lowest BCUT2D eigenvalue weighted by Gasteiger charge is -2.15. The van der Waals surface area contributed by atoms with Gasteiger partial charge < -0.3 is 20.1 Å². The summed E-state index contributed by atoms with van der Waals surface area (Å²) in [6.45, 7) is 5.62. The standard InChI is InChI=1S/C23H31N3O2.HI/c1-3-27-16-19-10-8-18(9-11-19)14-25-23(24-2)26-15-21-6-4-5-7-22(21)28-17-20-12-13-20;/h4-11,20H,3,12-17H2,1-2H3,(H2,24,25,26);1H. The molecule has 2 N–H and O–H groups in total. The molecule has 29 heavy (non-hydrogen) atoms. The molecule has 6 heteroatoms. The first-order chi connectivity index (χ1) is 13.8. The van der Waals surface area contributed by atoms with E-state index in [9.17, 15) is 0 Å². The van der Waals surface area contributed by atoms with E-state index in [-0.39, 0.29) is 24.0 Å². The highest BCUT2D eigenvalue weighted by Gasteiger charge is 2.22. The molecule has 0 aliphatic heterocycles. The Morgan fingerprint density at radius 3 is 2.38 bits per heavy atom. The summed E-state index contributed by atoms with van der Waals surface area (Å²) in [5.74, 6) is 2.48. The number of benzene rings is 2. The molecule has 5 nitrogen and oxygen atoms in total. The fourth-order valence-corrected chi connectivity index (χ4v) is 2.84. The third-order valence-corrected chi connectivity index (χ3v) is 4.77. The van der Waals surface area contributed by atoms with Crippen molar-refractivity contribution in [2.45, 2.75) is 39.5 Å². The van der Waals surface area contributed by atoms with Gasteiger partial charge in [0.15, 0.2) is 5.96 Å². The van der Waals surface area contributed by atoms with Crippen molar-refractivity contribution in [3.8, 4) is 5.75 Å². The maximum Gasteiger partial charge on any atom is 0.191 e. The first kappa shape index (κ1) is 23.5. The molecule has 1 aliphatic rings. The van der Waals surface area contributed by atoms with Crippen LogP contribution in [0.5, 0.6) is 5.75 Å². The normalized spacial score (nSPS) is 13.5.